The highest BCUT2D eigenvalue weighted by Gasteiger charge is 2.27. The molecule has 6 heteroatoms. The molecule has 1 amide bonds. The van der Waals surface area contributed by atoms with Crippen molar-refractivity contribution in [1.82, 2.24) is 9.80 Å². The Morgan fingerprint density at radius 2 is 1.45 bits per heavy atom. The molecule has 0 bridgehead atoms. The molecule has 0 atom stereocenters. The van der Waals surface area contributed by atoms with Gasteiger partial charge in [0.2, 0.25) is 0 Å². The monoisotopic (exact) mass is 587 g/mol. The predicted octanol–water partition coefficient (Wildman–Crippen LogP) is 6.41. The Bertz CT molecular complexity index is 1510. The number of hydrogen-bond acceptors (Lipinski definition) is 5. The van der Waals surface area contributed by atoms with Crippen LogP contribution in [0.3, 0.4) is 0 Å². The molecule has 6 rings (SSSR count). The molecular formula is C38H41N3O3. The average Bonchev–Trinajstić information content (AvgIpc) is 3.08. The van der Waals surface area contributed by atoms with Gasteiger partial charge in [-0.05, 0) is 72.8 Å². The number of amides is 1. The van der Waals surface area contributed by atoms with Crippen molar-refractivity contribution in [3.05, 3.63) is 137 Å². The lowest BCUT2D eigenvalue weighted by Gasteiger charge is -2.37. The first-order chi connectivity index (χ1) is 21.6. The number of anilines is 1. The number of esters is 1. The van der Waals surface area contributed by atoms with Gasteiger partial charge in [-0.15, -0.1) is 0 Å². The molecule has 0 aromatic heterocycles. The molecule has 0 saturated carbocycles. The summed E-state index contributed by atoms with van der Waals surface area (Å²) >= 11 is 0. The number of carbonyl (C=O) groups excluding carboxylic acids is 2. The summed E-state index contributed by atoms with van der Waals surface area (Å²) in [7, 11) is 0. The quantitative estimate of drug-likeness (QED) is 0.201. The summed E-state index contributed by atoms with van der Waals surface area (Å²) in [6, 6.07) is 35.5. The van der Waals surface area contributed by atoms with E-state index in [2.05, 4.69) is 88.7 Å². The van der Waals surface area contributed by atoms with Gasteiger partial charge in [0.05, 0.1) is 12.2 Å². The Morgan fingerprint density at radius 3 is 2.09 bits per heavy atom. The minimum atomic E-state index is -0.320. The molecule has 44 heavy (non-hydrogen) atoms. The summed E-state index contributed by atoms with van der Waals surface area (Å²) in [5.74, 6) is 0.147. The summed E-state index contributed by atoms with van der Waals surface area (Å²) in [5.41, 5.74) is 7.35. The molecule has 0 aliphatic carbocycles. The summed E-state index contributed by atoms with van der Waals surface area (Å²) in [6.45, 7) is 8.34. The molecule has 0 N–H and O–H groups in total. The van der Waals surface area contributed by atoms with E-state index in [1.807, 2.05) is 17.0 Å². The van der Waals surface area contributed by atoms with Gasteiger partial charge in [-0.3, -0.25) is 9.69 Å². The average molecular weight is 588 g/mol. The maximum absolute atomic E-state index is 13.6. The van der Waals surface area contributed by atoms with Crippen LogP contribution in [0, 0.1) is 0 Å². The van der Waals surface area contributed by atoms with Crippen LogP contribution in [0.15, 0.2) is 103 Å². The normalized spacial score (nSPS) is 15.4. The molecule has 0 spiro atoms. The van der Waals surface area contributed by atoms with Gasteiger partial charge in [0.15, 0.2) is 0 Å². The molecule has 1 fully saturated rings. The van der Waals surface area contributed by atoms with Crippen LogP contribution in [0.1, 0.15) is 62.2 Å². The first-order valence-electron chi connectivity index (χ1n) is 15.8. The van der Waals surface area contributed by atoms with Crippen molar-refractivity contribution in [2.45, 2.75) is 32.2 Å². The predicted molar refractivity (Wildman–Crippen MR) is 175 cm³/mol. The van der Waals surface area contributed by atoms with Crippen molar-refractivity contribution in [2.24, 2.45) is 0 Å². The number of benzene rings is 4. The molecular weight excluding hydrogens is 546 g/mol. The van der Waals surface area contributed by atoms with Gasteiger partial charge in [0.1, 0.15) is 0 Å². The Morgan fingerprint density at radius 1 is 0.795 bits per heavy atom. The maximum atomic E-state index is 13.6. The molecule has 0 unspecified atom stereocenters. The number of fused-ring (bicyclic) bond motifs is 1. The topological polar surface area (TPSA) is 53.1 Å². The molecule has 1 saturated heterocycles. The lowest BCUT2D eigenvalue weighted by Crippen LogP contribution is -2.47. The Kier molecular flexibility index (Phi) is 9.37. The molecule has 2 heterocycles. The second-order valence-electron chi connectivity index (χ2n) is 11.7. The number of piperazine rings is 1. The van der Waals surface area contributed by atoms with Gasteiger partial charge < -0.3 is 14.5 Å². The standard InChI is InChI=1S/C38H41N3O3/c1-2-44-38(43)33-15-13-29(14-16-33)28-41-22-19-32-17-18-34(27-36(32)37(41)42)40-25-23-39(24-26-40)21-20-35(30-9-5-3-6-10-30)31-11-7-4-8-12-31/h3-18,27,35H,2,19-26,28H2,1H3. The second kappa shape index (κ2) is 13.9. The minimum absolute atomic E-state index is 0.0778. The summed E-state index contributed by atoms with van der Waals surface area (Å²) in [4.78, 5) is 32.5. The fourth-order valence-electron chi connectivity index (χ4n) is 6.48. The SMILES string of the molecule is CCOC(=O)c1ccc(CN2CCc3ccc(N4CCN(CCC(c5ccccc5)c5ccccc5)CC4)cc3C2=O)cc1. The van der Waals surface area contributed by atoms with Crippen LogP contribution in [0.5, 0.6) is 0 Å². The third-order valence-corrected chi connectivity index (χ3v) is 8.98. The van der Waals surface area contributed by atoms with Gasteiger partial charge >= 0.3 is 5.97 Å². The zero-order chi connectivity index (χ0) is 30.3. The number of hydrogen-bond donors (Lipinski definition) is 0. The smallest absolute Gasteiger partial charge is 0.338 e. The highest BCUT2D eigenvalue weighted by atomic mass is 16.5. The summed E-state index contributed by atoms with van der Waals surface area (Å²) in [6.07, 6.45) is 1.93. The lowest BCUT2D eigenvalue weighted by molar-refractivity contribution is 0.0525. The van der Waals surface area contributed by atoms with Gasteiger partial charge in [-0.25, -0.2) is 4.79 Å². The van der Waals surface area contributed by atoms with E-state index in [4.69, 9.17) is 4.74 Å². The first kappa shape index (κ1) is 29.6. The van der Waals surface area contributed by atoms with Gasteiger partial charge in [-0.2, -0.15) is 0 Å². The van der Waals surface area contributed by atoms with Gasteiger partial charge in [0.25, 0.3) is 5.91 Å². The molecule has 6 nitrogen and oxygen atoms in total. The van der Waals surface area contributed by atoms with Crippen molar-refractivity contribution < 1.29 is 14.3 Å². The van der Waals surface area contributed by atoms with E-state index in [0.717, 1.165) is 67.9 Å². The molecule has 2 aliphatic rings. The maximum Gasteiger partial charge on any atom is 0.338 e. The van der Waals surface area contributed by atoms with Crippen LogP contribution in [-0.2, 0) is 17.7 Å². The highest BCUT2D eigenvalue weighted by molar-refractivity contribution is 5.97. The van der Waals surface area contributed by atoms with E-state index in [9.17, 15) is 9.59 Å². The van der Waals surface area contributed by atoms with E-state index in [1.54, 1.807) is 19.1 Å². The number of carbonyl (C=O) groups is 2. The summed E-state index contributed by atoms with van der Waals surface area (Å²) in [5, 5.41) is 0. The largest absolute Gasteiger partial charge is 0.462 e. The minimum Gasteiger partial charge on any atom is -0.462 e. The van der Waals surface area contributed by atoms with Crippen LogP contribution < -0.4 is 4.90 Å². The Hall–Kier alpha value is -4.42. The zero-order valence-electron chi connectivity index (χ0n) is 25.5. The fourth-order valence-corrected chi connectivity index (χ4v) is 6.48. The fraction of sp³-hybridized carbons (Fsp3) is 0.316. The van der Waals surface area contributed by atoms with Crippen LogP contribution >= 0.6 is 0 Å². The van der Waals surface area contributed by atoms with Crippen molar-refractivity contribution in [1.29, 1.82) is 0 Å². The molecule has 2 aliphatic heterocycles. The van der Waals surface area contributed by atoms with E-state index in [1.165, 1.54) is 11.1 Å². The molecule has 0 radical (unpaired) electrons. The number of nitrogens with zero attached hydrogens (tertiary/aromatic N) is 3. The Labute approximate surface area is 260 Å². The summed E-state index contributed by atoms with van der Waals surface area (Å²) < 4.78 is 5.09. The van der Waals surface area contributed by atoms with Crippen LogP contribution in [0.4, 0.5) is 5.69 Å². The van der Waals surface area contributed by atoms with Crippen molar-refractivity contribution in [2.75, 3.05) is 50.8 Å². The first-order valence-corrected chi connectivity index (χ1v) is 15.8. The van der Waals surface area contributed by atoms with E-state index in [-0.39, 0.29) is 11.9 Å². The molecule has 226 valence electrons. The van der Waals surface area contributed by atoms with Crippen molar-refractivity contribution in [3.8, 4) is 0 Å². The van der Waals surface area contributed by atoms with E-state index in [0.29, 0.717) is 31.2 Å². The zero-order valence-corrected chi connectivity index (χ0v) is 25.5. The van der Waals surface area contributed by atoms with Crippen LogP contribution in [0.25, 0.3) is 0 Å². The third kappa shape index (κ3) is 6.87. The van der Waals surface area contributed by atoms with E-state index >= 15 is 0 Å². The number of ether oxygens (including phenoxy) is 1. The van der Waals surface area contributed by atoms with Crippen LogP contribution in [-0.4, -0.2) is 67.6 Å². The van der Waals surface area contributed by atoms with Crippen LogP contribution in [0.2, 0.25) is 0 Å². The Balaban J connectivity index is 1.06. The third-order valence-electron chi connectivity index (χ3n) is 8.98. The molecule has 4 aromatic carbocycles. The van der Waals surface area contributed by atoms with Crippen molar-refractivity contribution in [3.63, 3.8) is 0 Å². The van der Waals surface area contributed by atoms with Gasteiger partial charge in [0, 0.05) is 56.4 Å². The van der Waals surface area contributed by atoms with Crippen molar-refractivity contribution >= 4 is 17.6 Å². The van der Waals surface area contributed by atoms with E-state index < -0.39 is 0 Å². The second-order valence-corrected chi connectivity index (χ2v) is 11.7. The molecule has 4 aromatic rings. The van der Waals surface area contributed by atoms with Gasteiger partial charge in [-0.1, -0.05) is 78.9 Å². The number of rotatable bonds is 10. The lowest BCUT2D eigenvalue weighted by atomic mass is 9.88. The highest BCUT2D eigenvalue weighted by Crippen LogP contribution is 2.30.